The van der Waals surface area contributed by atoms with Crippen molar-refractivity contribution < 1.29 is 4.39 Å². The maximum absolute atomic E-state index is 14.4. The Morgan fingerprint density at radius 2 is 1.28 bits per heavy atom. The van der Waals surface area contributed by atoms with Gasteiger partial charge in [0.15, 0.2) is 0 Å². The van der Waals surface area contributed by atoms with Crippen molar-refractivity contribution in [3.05, 3.63) is 83.7 Å². The van der Waals surface area contributed by atoms with Gasteiger partial charge in [0.25, 0.3) is 0 Å². The van der Waals surface area contributed by atoms with E-state index in [1.54, 1.807) is 0 Å². The van der Waals surface area contributed by atoms with Crippen LogP contribution >= 0.6 is 0 Å². The second-order valence-corrected chi connectivity index (χ2v) is 4.35. The zero-order chi connectivity index (χ0) is 12.4. The van der Waals surface area contributed by atoms with Crippen LogP contribution in [-0.4, -0.2) is 0 Å². The summed E-state index contributed by atoms with van der Waals surface area (Å²) in [4.78, 5) is 0. The summed E-state index contributed by atoms with van der Waals surface area (Å²) >= 11 is 0. The van der Waals surface area contributed by atoms with Gasteiger partial charge < -0.3 is 0 Å². The Labute approximate surface area is 106 Å². The van der Waals surface area contributed by atoms with E-state index in [4.69, 9.17) is 0 Å². The molecule has 0 nitrogen and oxygen atoms in total. The van der Waals surface area contributed by atoms with Gasteiger partial charge in [0, 0.05) is 5.57 Å². The topological polar surface area (TPSA) is 0 Å². The molecular weight excluding hydrogens is 223 g/mol. The molecule has 0 amide bonds. The zero-order valence-corrected chi connectivity index (χ0v) is 9.94. The maximum Gasteiger partial charge on any atom is 0.134 e. The van der Waals surface area contributed by atoms with E-state index in [2.05, 4.69) is 0 Å². The SMILES string of the molecule is FC1=C(c2ccccc2)CC=C1c1ccccc1. The monoisotopic (exact) mass is 236 g/mol. The number of allylic oxidation sites excluding steroid dienone is 4. The Morgan fingerprint density at radius 3 is 1.89 bits per heavy atom. The van der Waals surface area contributed by atoms with Gasteiger partial charge in [-0.05, 0) is 23.1 Å². The van der Waals surface area contributed by atoms with Crippen molar-refractivity contribution in [2.45, 2.75) is 6.42 Å². The van der Waals surface area contributed by atoms with Crippen molar-refractivity contribution in [2.24, 2.45) is 0 Å². The average molecular weight is 236 g/mol. The molecule has 1 heteroatoms. The fourth-order valence-electron chi connectivity index (χ4n) is 2.29. The summed E-state index contributed by atoms with van der Waals surface area (Å²) in [5.41, 5.74) is 3.42. The quantitative estimate of drug-likeness (QED) is 0.699. The Kier molecular flexibility index (Phi) is 2.81. The van der Waals surface area contributed by atoms with Gasteiger partial charge in [0.05, 0.1) is 0 Å². The van der Waals surface area contributed by atoms with Crippen LogP contribution in [0.5, 0.6) is 0 Å². The largest absolute Gasteiger partial charge is 0.206 e. The zero-order valence-electron chi connectivity index (χ0n) is 9.94. The first-order valence-corrected chi connectivity index (χ1v) is 6.06. The second kappa shape index (κ2) is 4.61. The van der Waals surface area contributed by atoms with Crippen LogP contribution < -0.4 is 0 Å². The molecule has 88 valence electrons. The molecule has 0 fully saturated rings. The van der Waals surface area contributed by atoms with Gasteiger partial charge >= 0.3 is 0 Å². The lowest BCUT2D eigenvalue weighted by atomic mass is 10.0. The van der Waals surface area contributed by atoms with Crippen LogP contribution in [0.15, 0.2) is 72.6 Å². The minimum atomic E-state index is -0.0904. The summed E-state index contributed by atoms with van der Waals surface area (Å²) in [5, 5.41) is 0. The van der Waals surface area contributed by atoms with E-state index in [1.807, 2.05) is 66.7 Å². The summed E-state index contributed by atoms with van der Waals surface area (Å²) < 4.78 is 14.4. The first-order valence-electron chi connectivity index (χ1n) is 6.06. The van der Waals surface area contributed by atoms with Crippen LogP contribution in [-0.2, 0) is 0 Å². The maximum atomic E-state index is 14.4. The van der Waals surface area contributed by atoms with Crippen LogP contribution in [0.3, 0.4) is 0 Å². The van der Waals surface area contributed by atoms with Gasteiger partial charge in [-0.2, -0.15) is 0 Å². The molecule has 0 saturated carbocycles. The smallest absolute Gasteiger partial charge is 0.134 e. The molecule has 2 aromatic carbocycles. The number of hydrogen-bond acceptors (Lipinski definition) is 0. The van der Waals surface area contributed by atoms with Crippen LogP contribution in [0.2, 0.25) is 0 Å². The lowest BCUT2D eigenvalue weighted by Crippen LogP contribution is -1.85. The molecule has 0 spiro atoms. The lowest BCUT2D eigenvalue weighted by molar-refractivity contribution is 0.679. The van der Waals surface area contributed by atoms with Crippen molar-refractivity contribution in [3.63, 3.8) is 0 Å². The molecule has 0 bridgehead atoms. The highest BCUT2D eigenvalue weighted by atomic mass is 19.1. The first kappa shape index (κ1) is 11.0. The van der Waals surface area contributed by atoms with Crippen molar-refractivity contribution >= 4 is 11.1 Å². The summed E-state index contributed by atoms with van der Waals surface area (Å²) in [7, 11) is 0. The van der Waals surface area contributed by atoms with Crippen molar-refractivity contribution in [2.75, 3.05) is 0 Å². The number of halogens is 1. The third-order valence-corrected chi connectivity index (χ3v) is 3.22. The standard InChI is InChI=1S/C17H13F/c18-17-15(13-7-3-1-4-8-13)11-12-16(17)14-9-5-2-6-10-14/h1-11H,12H2. The molecule has 0 aromatic heterocycles. The summed E-state index contributed by atoms with van der Waals surface area (Å²) in [5.74, 6) is -0.0904. The highest BCUT2D eigenvalue weighted by molar-refractivity contribution is 5.92. The third-order valence-electron chi connectivity index (χ3n) is 3.22. The van der Waals surface area contributed by atoms with Gasteiger partial charge in [-0.15, -0.1) is 0 Å². The second-order valence-electron chi connectivity index (χ2n) is 4.35. The highest BCUT2D eigenvalue weighted by Gasteiger charge is 2.19. The Bertz CT molecular complexity index is 564. The molecule has 0 atom stereocenters. The normalized spacial score (nSPS) is 14.8. The van der Waals surface area contributed by atoms with E-state index in [0.29, 0.717) is 6.42 Å². The lowest BCUT2D eigenvalue weighted by Gasteiger charge is -2.04. The minimum absolute atomic E-state index is 0.0904. The minimum Gasteiger partial charge on any atom is -0.206 e. The summed E-state index contributed by atoms with van der Waals surface area (Å²) in [6.07, 6.45) is 2.63. The van der Waals surface area contributed by atoms with E-state index in [1.165, 1.54) is 0 Å². The fourth-order valence-corrected chi connectivity index (χ4v) is 2.29. The Balaban J connectivity index is 2.00. The molecule has 0 radical (unpaired) electrons. The molecule has 18 heavy (non-hydrogen) atoms. The first-order chi connectivity index (χ1) is 8.86. The molecule has 0 N–H and O–H groups in total. The average Bonchev–Trinajstić information content (AvgIpc) is 2.83. The van der Waals surface area contributed by atoms with E-state index in [0.717, 1.165) is 22.3 Å². The van der Waals surface area contributed by atoms with Gasteiger partial charge in [-0.25, -0.2) is 4.39 Å². The molecule has 1 aliphatic rings. The Hall–Kier alpha value is -2.15. The number of hydrogen-bond donors (Lipinski definition) is 0. The van der Waals surface area contributed by atoms with Crippen LogP contribution in [0.4, 0.5) is 4.39 Å². The third kappa shape index (κ3) is 1.88. The number of benzene rings is 2. The van der Waals surface area contributed by atoms with Crippen LogP contribution in [0.1, 0.15) is 17.5 Å². The van der Waals surface area contributed by atoms with Crippen LogP contribution in [0.25, 0.3) is 11.1 Å². The van der Waals surface area contributed by atoms with Gasteiger partial charge in [-0.1, -0.05) is 66.7 Å². The van der Waals surface area contributed by atoms with E-state index < -0.39 is 0 Å². The number of rotatable bonds is 2. The van der Waals surface area contributed by atoms with Crippen LogP contribution in [0, 0.1) is 0 Å². The predicted octanol–water partition coefficient (Wildman–Crippen LogP) is 4.85. The molecule has 1 aliphatic carbocycles. The van der Waals surface area contributed by atoms with Gasteiger partial charge in [-0.3, -0.25) is 0 Å². The molecule has 0 aliphatic heterocycles. The van der Waals surface area contributed by atoms with Gasteiger partial charge in [0.1, 0.15) is 5.83 Å². The molecule has 0 saturated heterocycles. The highest BCUT2D eigenvalue weighted by Crippen LogP contribution is 2.39. The molecular formula is C17H13F. The summed E-state index contributed by atoms with van der Waals surface area (Å²) in [6, 6.07) is 19.4. The molecule has 2 aromatic rings. The molecule has 3 rings (SSSR count). The van der Waals surface area contributed by atoms with E-state index >= 15 is 0 Å². The van der Waals surface area contributed by atoms with E-state index in [-0.39, 0.29) is 5.83 Å². The van der Waals surface area contributed by atoms with Crippen molar-refractivity contribution in [3.8, 4) is 0 Å². The molecule has 0 unspecified atom stereocenters. The van der Waals surface area contributed by atoms with E-state index in [9.17, 15) is 4.39 Å². The van der Waals surface area contributed by atoms with Crippen molar-refractivity contribution in [1.82, 2.24) is 0 Å². The Morgan fingerprint density at radius 1 is 0.722 bits per heavy atom. The fraction of sp³-hybridized carbons (Fsp3) is 0.0588. The van der Waals surface area contributed by atoms with Gasteiger partial charge in [0.2, 0.25) is 0 Å². The summed E-state index contributed by atoms with van der Waals surface area (Å²) in [6.45, 7) is 0. The van der Waals surface area contributed by atoms with Crippen molar-refractivity contribution in [1.29, 1.82) is 0 Å². The predicted molar refractivity (Wildman–Crippen MR) is 73.5 cm³/mol. The molecule has 0 heterocycles.